The number of rotatable bonds is 1. The van der Waals surface area contributed by atoms with Crippen molar-refractivity contribution in [2.24, 2.45) is 0 Å². The van der Waals surface area contributed by atoms with Gasteiger partial charge in [-0.25, -0.2) is 0 Å². The van der Waals surface area contributed by atoms with E-state index in [0.717, 1.165) is 17.8 Å². The Morgan fingerprint density at radius 2 is 1.83 bits per heavy atom. The first kappa shape index (κ1) is 12.4. The summed E-state index contributed by atoms with van der Waals surface area (Å²) in [6.45, 7) is 1.83. The number of halogens is 3. The quantitative estimate of drug-likeness (QED) is 0.786. The summed E-state index contributed by atoms with van der Waals surface area (Å²) in [6, 6.07) is 5.90. The molecular formula is C13H11F3N2. The van der Waals surface area contributed by atoms with Crippen LogP contribution >= 0.6 is 0 Å². The molecule has 18 heavy (non-hydrogen) atoms. The number of pyridine rings is 1. The lowest BCUT2D eigenvalue weighted by molar-refractivity contribution is -0.137. The number of nitrogens with zero attached hydrogens (tertiary/aromatic N) is 1. The summed E-state index contributed by atoms with van der Waals surface area (Å²) in [4.78, 5) is 3.74. The number of aromatic nitrogens is 1. The molecule has 0 spiro atoms. The molecule has 1 aromatic heterocycles. The third-order valence-electron chi connectivity index (χ3n) is 2.62. The van der Waals surface area contributed by atoms with Crippen LogP contribution in [0.4, 0.5) is 18.9 Å². The molecule has 2 N–H and O–H groups in total. The Morgan fingerprint density at radius 1 is 1.11 bits per heavy atom. The molecule has 0 amide bonds. The molecule has 1 aromatic carbocycles. The highest BCUT2D eigenvalue weighted by molar-refractivity contribution is 5.78. The van der Waals surface area contributed by atoms with Gasteiger partial charge in [-0.2, -0.15) is 13.2 Å². The van der Waals surface area contributed by atoms with Crippen LogP contribution in [0.1, 0.15) is 11.1 Å². The third kappa shape index (κ3) is 2.30. The van der Waals surface area contributed by atoms with Gasteiger partial charge < -0.3 is 5.73 Å². The topological polar surface area (TPSA) is 38.9 Å². The van der Waals surface area contributed by atoms with Crippen LogP contribution in [0.5, 0.6) is 0 Å². The van der Waals surface area contributed by atoms with E-state index in [1.807, 2.05) is 6.92 Å². The van der Waals surface area contributed by atoms with Gasteiger partial charge in [0.2, 0.25) is 0 Å². The minimum atomic E-state index is -4.42. The van der Waals surface area contributed by atoms with Crippen molar-refractivity contribution in [3.63, 3.8) is 0 Å². The highest BCUT2D eigenvalue weighted by Crippen LogP contribution is 2.38. The molecule has 0 aliphatic heterocycles. The van der Waals surface area contributed by atoms with E-state index in [9.17, 15) is 13.2 Å². The summed E-state index contributed by atoms with van der Waals surface area (Å²) in [6.07, 6.45) is -2.11. The Morgan fingerprint density at radius 3 is 2.44 bits per heavy atom. The molecule has 5 heteroatoms. The largest absolute Gasteiger partial charge is 0.417 e. The van der Waals surface area contributed by atoms with Crippen LogP contribution in [0.15, 0.2) is 36.7 Å². The number of nitrogen functional groups attached to an aromatic ring is 1. The maximum atomic E-state index is 12.9. The van der Waals surface area contributed by atoms with E-state index >= 15 is 0 Å². The fourth-order valence-corrected chi connectivity index (χ4v) is 1.78. The fourth-order valence-electron chi connectivity index (χ4n) is 1.78. The van der Waals surface area contributed by atoms with E-state index in [0.29, 0.717) is 11.3 Å². The Kier molecular flexibility index (Phi) is 2.98. The molecular weight excluding hydrogens is 241 g/mol. The summed E-state index contributed by atoms with van der Waals surface area (Å²) < 4.78 is 38.6. The van der Waals surface area contributed by atoms with E-state index in [1.165, 1.54) is 6.20 Å². The van der Waals surface area contributed by atoms with Gasteiger partial charge in [0.05, 0.1) is 5.56 Å². The lowest BCUT2D eigenvalue weighted by Gasteiger charge is -2.14. The van der Waals surface area contributed by atoms with Crippen molar-refractivity contribution >= 4 is 5.69 Å². The first-order valence-electron chi connectivity index (χ1n) is 5.27. The van der Waals surface area contributed by atoms with Crippen LogP contribution in [0.25, 0.3) is 11.1 Å². The zero-order valence-corrected chi connectivity index (χ0v) is 9.62. The predicted octanol–water partition coefficient (Wildman–Crippen LogP) is 3.66. The summed E-state index contributed by atoms with van der Waals surface area (Å²) in [5.74, 6) is 0. The molecule has 2 nitrogen and oxygen atoms in total. The van der Waals surface area contributed by atoms with Gasteiger partial charge >= 0.3 is 6.18 Å². The summed E-state index contributed by atoms with van der Waals surface area (Å²) in [5, 5.41) is 0. The number of anilines is 1. The van der Waals surface area contributed by atoms with Gasteiger partial charge in [-0.15, -0.1) is 0 Å². The lowest BCUT2D eigenvalue weighted by atomic mass is 9.99. The minimum absolute atomic E-state index is 0.00231. The van der Waals surface area contributed by atoms with Crippen LogP contribution in [0.3, 0.4) is 0 Å². The zero-order valence-electron chi connectivity index (χ0n) is 9.62. The van der Waals surface area contributed by atoms with Crippen LogP contribution in [0.2, 0.25) is 0 Å². The second-order valence-corrected chi connectivity index (χ2v) is 4.01. The Labute approximate surface area is 102 Å². The average molecular weight is 252 g/mol. The molecule has 2 aromatic rings. The molecule has 0 unspecified atom stereocenters. The van der Waals surface area contributed by atoms with Crippen molar-refractivity contribution in [3.8, 4) is 11.1 Å². The molecule has 0 saturated heterocycles. The van der Waals surface area contributed by atoms with Crippen LogP contribution < -0.4 is 5.73 Å². The van der Waals surface area contributed by atoms with E-state index in [-0.39, 0.29) is 5.56 Å². The van der Waals surface area contributed by atoms with Gasteiger partial charge in [-0.05, 0) is 24.6 Å². The van der Waals surface area contributed by atoms with Crippen molar-refractivity contribution in [2.45, 2.75) is 13.1 Å². The number of benzene rings is 1. The van der Waals surface area contributed by atoms with Crippen LogP contribution in [-0.4, -0.2) is 4.98 Å². The molecule has 0 saturated carbocycles. The van der Waals surface area contributed by atoms with Crippen molar-refractivity contribution in [1.29, 1.82) is 0 Å². The SMILES string of the molecule is Cc1ccc(-c2cnccc2C(F)(F)F)c(N)c1. The van der Waals surface area contributed by atoms with Gasteiger partial charge in [0.1, 0.15) is 0 Å². The number of alkyl halides is 3. The van der Waals surface area contributed by atoms with Crippen molar-refractivity contribution in [2.75, 3.05) is 5.73 Å². The molecule has 2 rings (SSSR count). The molecule has 0 radical (unpaired) electrons. The highest BCUT2D eigenvalue weighted by atomic mass is 19.4. The average Bonchev–Trinajstić information content (AvgIpc) is 2.28. The number of nitrogens with two attached hydrogens (primary N) is 1. The smallest absolute Gasteiger partial charge is 0.398 e. The standard InChI is InChI=1S/C13H11F3N2/c1-8-2-3-9(12(17)6-8)10-7-18-5-4-11(10)13(14,15)16/h2-7H,17H2,1H3. The Hall–Kier alpha value is -2.04. The number of aryl methyl sites for hydroxylation is 1. The second kappa shape index (κ2) is 4.33. The van der Waals surface area contributed by atoms with Gasteiger partial charge in [0, 0.05) is 29.2 Å². The van der Waals surface area contributed by atoms with Gasteiger partial charge in [0.25, 0.3) is 0 Å². The molecule has 0 aliphatic rings. The van der Waals surface area contributed by atoms with E-state index in [1.54, 1.807) is 18.2 Å². The molecule has 0 atom stereocenters. The summed E-state index contributed by atoms with van der Waals surface area (Å²) in [7, 11) is 0. The van der Waals surface area contributed by atoms with E-state index in [2.05, 4.69) is 4.98 Å². The summed E-state index contributed by atoms with van der Waals surface area (Å²) >= 11 is 0. The van der Waals surface area contributed by atoms with Crippen LogP contribution in [0, 0.1) is 6.92 Å². The fraction of sp³-hybridized carbons (Fsp3) is 0.154. The third-order valence-corrected chi connectivity index (χ3v) is 2.62. The monoisotopic (exact) mass is 252 g/mol. The molecule has 0 aliphatic carbocycles. The van der Waals surface area contributed by atoms with Crippen LogP contribution in [-0.2, 0) is 6.18 Å². The Balaban J connectivity index is 2.64. The molecule has 94 valence electrons. The van der Waals surface area contributed by atoms with Gasteiger partial charge in [-0.3, -0.25) is 4.98 Å². The van der Waals surface area contributed by atoms with E-state index in [4.69, 9.17) is 5.73 Å². The summed E-state index contributed by atoms with van der Waals surface area (Å²) in [5.41, 5.74) is 6.60. The first-order valence-corrected chi connectivity index (χ1v) is 5.27. The maximum absolute atomic E-state index is 12.9. The minimum Gasteiger partial charge on any atom is -0.398 e. The highest BCUT2D eigenvalue weighted by Gasteiger charge is 2.33. The van der Waals surface area contributed by atoms with Crippen molar-refractivity contribution < 1.29 is 13.2 Å². The molecule has 0 bridgehead atoms. The number of hydrogen-bond donors (Lipinski definition) is 1. The normalized spacial score (nSPS) is 11.6. The second-order valence-electron chi connectivity index (χ2n) is 4.01. The number of hydrogen-bond acceptors (Lipinski definition) is 2. The molecule has 1 heterocycles. The van der Waals surface area contributed by atoms with Crippen molar-refractivity contribution in [1.82, 2.24) is 4.98 Å². The zero-order chi connectivity index (χ0) is 13.3. The van der Waals surface area contributed by atoms with Gasteiger partial charge in [0.15, 0.2) is 0 Å². The van der Waals surface area contributed by atoms with Crippen molar-refractivity contribution in [3.05, 3.63) is 47.8 Å². The maximum Gasteiger partial charge on any atom is 0.417 e. The van der Waals surface area contributed by atoms with Gasteiger partial charge in [-0.1, -0.05) is 12.1 Å². The Bertz CT molecular complexity index is 577. The first-order chi connectivity index (χ1) is 8.39. The van der Waals surface area contributed by atoms with E-state index < -0.39 is 11.7 Å². The predicted molar refractivity (Wildman–Crippen MR) is 63.8 cm³/mol. The lowest BCUT2D eigenvalue weighted by Crippen LogP contribution is -2.08. The molecule has 0 fully saturated rings.